The van der Waals surface area contributed by atoms with Crippen LogP contribution in [0.15, 0.2) is 12.7 Å². The molecular formula is C10H18O2. The van der Waals surface area contributed by atoms with Gasteiger partial charge < -0.3 is 4.74 Å². The molecule has 0 N–H and O–H groups in total. The third-order valence-corrected chi connectivity index (χ3v) is 1.67. The number of hydrogen-bond acceptors (Lipinski definition) is 2. The maximum Gasteiger partial charge on any atom is 0.330 e. The molecule has 0 saturated heterocycles. The van der Waals surface area contributed by atoms with Gasteiger partial charge in [-0.3, -0.25) is 0 Å². The molecule has 0 amide bonds. The number of rotatable bonds is 6. The predicted octanol–water partition coefficient (Wildman–Crippen LogP) is 2.68. The van der Waals surface area contributed by atoms with E-state index in [2.05, 4.69) is 20.4 Å². The smallest absolute Gasteiger partial charge is 0.330 e. The van der Waals surface area contributed by atoms with Gasteiger partial charge in [-0.1, -0.05) is 33.3 Å². The molecule has 0 radical (unpaired) electrons. The van der Waals surface area contributed by atoms with Crippen molar-refractivity contribution in [2.75, 3.05) is 0 Å². The van der Waals surface area contributed by atoms with Gasteiger partial charge in [-0.2, -0.15) is 0 Å². The van der Waals surface area contributed by atoms with Gasteiger partial charge in [0, 0.05) is 6.08 Å². The van der Waals surface area contributed by atoms with Crippen LogP contribution in [0.3, 0.4) is 0 Å². The molecule has 0 rings (SSSR count). The van der Waals surface area contributed by atoms with Crippen LogP contribution in [-0.2, 0) is 9.53 Å². The maximum absolute atomic E-state index is 10.8. The molecule has 0 unspecified atom stereocenters. The molecule has 0 saturated carbocycles. The summed E-state index contributed by atoms with van der Waals surface area (Å²) in [5, 5.41) is 0. The van der Waals surface area contributed by atoms with Gasteiger partial charge in [-0.05, 0) is 12.8 Å². The maximum atomic E-state index is 10.8. The van der Waals surface area contributed by atoms with E-state index in [-0.39, 0.29) is 12.1 Å². The molecule has 0 aromatic carbocycles. The van der Waals surface area contributed by atoms with Gasteiger partial charge in [0.05, 0.1) is 0 Å². The molecule has 0 heterocycles. The first-order valence-electron chi connectivity index (χ1n) is 4.57. The largest absolute Gasteiger partial charge is 0.459 e. The van der Waals surface area contributed by atoms with Gasteiger partial charge in [0.25, 0.3) is 0 Å². The first-order chi connectivity index (χ1) is 5.74. The quantitative estimate of drug-likeness (QED) is 0.452. The van der Waals surface area contributed by atoms with Crippen LogP contribution < -0.4 is 0 Å². The third kappa shape index (κ3) is 4.94. The Bertz CT molecular complexity index is 135. The highest BCUT2D eigenvalue weighted by atomic mass is 16.5. The summed E-state index contributed by atoms with van der Waals surface area (Å²) in [5.74, 6) is -0.304. The van der Waals surface area contributed by atoms with Crippen molar-refractivity contribution >= 4 is 5.97 Å². The zero-order valence-corrected chi connectivity index (χ0v) is 8.01. The lowest BCUT2D eigenvalue weighted by Gasteiger charge is -2.14. The van der Waals surface area contributed by atoms with Crippen molar-refractivity contribution in [1.29, 1.82) is 0 Å². The van der Waals surface area contributed by atoms with Crippen LogP contribution in [0.2, 0.25) is 0 Å². The van der Waals surface area contributed by atoms with Crippen molar-refractivity contribution < 1.29 is 9.53 Å². The zero-order chi connectivity index (χ0) is 9.40. The van der Waals surface area contributed by atoms with Crippen LogP contribution in [0.4, 0.5) is 0 Å². The molecule has 0 aliphatic heterocycles. The molecule has 0 aromatic rings. The molecular weight excluding hydrogens is 152 g/mol. The summed E-state index contributed by atoms with van der Waals surface area (Å²) in [5.41, 5.74) is 0. The molecule has 2 heteroatoms. The molecule has 0 aliphatic rings. The lowest BCUT2D eigenvalue weighted by molar-refractivity contribution is -0.143. The standard InChI is InChI=1S/C10H18O2/c1-4-7-9(8-5-2)12-10(11)6-3/h6,9H,3-5,7-8H2,1-2H3. The summed E-state index contributed by atoms with van der Waals surface area (Å²) < 4.78 is 5.12. The summed E-state index contributed by atoms with van der Waals surface area (Å²) in [6.45, 7) is 7.53. The first kappa shape index (κ1) is 11.2. The Morgan fingerprint density at radius 2 is 1.92 bits per heavy atom. The van der Waals surface area contributed by atoms with E-state index in [1.807, 2.05) is 0 Å². The Hall–Kier alpha value is -0.790. The SMILES string of the molecule is C=CC(=O)OC(CCC)CCC. The summed E-state index contributed by atoms with van der Waals surface area (Å²) in [7, 11) is 0. The Morgan fingerprint density at radius 1 is 1.42 bits per heavy atom. The highest BCUT2D eigenvalue weighted by molar-refractivity contribution is 5.81. The van der Waals surface area contributed by atoms with Crippen molar-refractivity contribution in [2.45, 2.75) is 45.6 Å². The Kier molecular flexibility index (Phi) is 6.44. The highest BCUT2D eigenvalue weighted by Gasteiger charge is 2.09. The van der Waals surface area contributed by atoms with Crippen LogP contribution in [0.1, 0.15) is 39.5 Å². The summed E-state index contributed by atoms with van der Waals surface area (Å²) in [4.78, 5) is 10.8. The topological polar surface area (TPSA) is 26.3 Å². The molecule has 0 aromatic heterocycles. The highest BCUT2D eigenvalue weighted by Crippen LogP contribution is 2.09. The molecule has 0 atom stereocenters. The third-order valence-electron chi connectivity index (χ3n) is 1.67. The number of hydrogen-bond donors (Lipinski definition) is 0. The molecule has 70 valence electrons. The normalized spacial score (nSPS) is 9.92. The average Bonchev–Trinajstić information content (AvgIpc) is 2.05. The van der Waals surface area contributed by atoms with Crippen LogP contribution in [-0.4, -0.2) is 12.1 Å². The van der Waals surface area contributed by atoms with Gasteiger partial charge in [0.15, 0.2) is 0 Å². The van der Waals surface area contributed by atoms with E-state index in [1.54, 1.807) is 0 Å². The molecule has 12 heavy (non-hydrogen) atoms. The fourth-order valence-electron chi connectivity index (χ4n) is 1.12. The number of carbonyl (C=O) groups excluding carboxylic acids is 1. The van der Waals surface area contributed by atoms with E-state index >= 15 is 0 Å². The van der Waals surface area contributed by atoms with Crippen LogP contribution in [0, 0.1) is 0 Å². The minimum atomic E-state index is -0.304. The first-order valence-corrected chi connectivity index (χ1v) is 4.57. The van der Waals surface area contributed by atoms with Crippen molar-refractivity contribution in [3.63, 3.8) is 0 Å². The number of ether oxygens (including phenoxy) is 1. The van der Waals surface area contributed by atoms with E-state index in [1.165, 1.54) is 6.08 Å². The molecule has 0 spiro atoms. The van der Waals surface area contributed by atoms with Gasteiger partial charge in [-0.15, -0.1) is 0 Å². The molecule has 0 bridgehead atoms. The number of esters is 1. The monoisotopic (exact) mass is 170 g/mol. The van der Waals surface area contributed by atoms with Crippen molar-refractivity contribution in [3.8, 4) is 0 Å². The van der Waals surface area contributed by atoms with E-state index in [0.717, 1.165) is 25.7 Å². The lowest BCUT2D eigenvalue weighted by atomic mass is 10.1. The van der Waals surface area contributed by atoms with E-state index < -0.39 is 0 Å². The van der Waals surface area contributed by atoms with Crippen LogP contribution in [0.5, 0.6) is 0 Å². The van der Waals surface area contributed by atoms with E-state index in [9.17, 15) is 4.79 Å². The Labute approximate surface area is 74.6 Å². The van der Waals surface area contributed by atoms with Gasteiger partial charge in [0.2, 0.25) is 0 Å². The summed E-state index contributed by atoms with van der Waals surface area (Å²) in [6, 6.07) is 0. The van der Waals surface area contributed by atoms with Crippen LogP contribution in [0.25, 0.3) is 0 Å². The second-order valence-corrected chi connectivity index (χ2v) is 2.84. The van der Waals surface area contributed by atoms with E-state index in [0.29, 0.717) is 0 Å². The van der Waals surface area contributed by atoms with E-state index in [4.69, 9.17) is 4.74 Å². The van der Waals surface area contributed by atoms with Gasteiger partial charge in [0.1, 0.15) is 6.10 Å². The van der Waals surface area contributed by atoms with Crippen molar-refractivity contribution in [1.82, 2.24) is 0 Å². The predicted molar refractivity (Wildman–Crippen MR) is 49.9 cm³/mol. The molecule has 0 aliphatic carbocycles. The van der Waals surface area contributed by atoms with Gasteiger partial charge in [-0.25, -0.2) is 4.79 Å². The fourth-order valence-corrected chi connectivity index (χ4v) is 1.12. The fraction of sp³-hybridized carbons (Fsp3) is 0.700. The summed E-state index contributed by atoms with van der Waals surface area (Å²) in [6.07, 6.45) is 5.31. The Morgan fingerprint density at radius 3 is 2.25 bits per heavy atom. The minimum absolute atomic E-state index is 0.0884. The summed E-state index contributed by atoms with van der Waals surface area (Å²) >= 11 is 0. The van der Waals surface area contributed by atoms with Crippen molar-refractivity contribution in [3.05, 3.63) is 12.7 Å². The Balaban J connectivity index is 3.76. The van der Waals surface area contributed by atoms with Gasteiger partial charge >= 0.3 is 5.97 Å². The average molecular weight is 170 g/mol. The second kappa shape index (κ2) is 6.89. The minimum Gasteiger partial charge on any atom is -0.459 e. The molecule has 0 fully saturated rings. The molecule has 2 nitrogen and oxygen atoms in total. The van der Waals surface area contributed by atoms with Crippen molar-refractivity contribution in [2.24, 2.45) is 0 Å². The zero-order valence-electron chi connectivity index (χ0n) is 8.01. The van der Waals surface area contributed by atoms with Crippen LogP contribution >= 0.6 is 0 Å². The lowest BCUT2D eigenvalue weighted by Crippen LogP contribution is -2.16. The number of carbonyl (C=O) groups is 1. The second-order valence-electron chi connectivity index (χ2n) is 2.84.